The van der Waals surface area contributed by atoms with Gasteiger partial charge in [-0.2, -0.15) is 0 Å². The van der Waals surface area contributed by atoms with Gasteiger partial charge in [-0.3, -0.25) is 19.7 Å². The van der Waals surface area contributed by atoms with Crippen molar-refractivity contribution in [3.8, 4) is 0 Å². The molecule has 0 radical (unpaired) electrons. The van der Waals surface area contributed by atoms with Gasteiger partial charge in [0.25, 0.3) is 0 Å². The van der Waals surface area contributed by atoms with Crippen molar-refractivity contribution in [2.45, 2.75) is 13.0 Å². The number of carbonyl (C=O) groups is 3. The highest BCUT2D eigenvalue weighted by atomic mass is 16.2. The fourth-order valence-corrected chi connectivity index (χ4v) is 2.02. The molecular weight excluding hydrogens is 246 g/mol. The highest BCUT2D eigenvalue weighted by Crippen LogP contribution is 2.10. The molecule has 2 rings (SSSR count). The van der Waals surface area contributed by atoms with E-state index >= 15 is 0 Å². The van der Waals surface area contributed by atoms with E-state index in [0.29, 0.717) is 6.54 Å². The van der Waals surface area contributed by atoms with Crippen molar-refractivity contribution in [3.05, 3.63) is 35.4 Å². The van der Waals surface area contributed by atoms with Crippen molar-refractivity contribution >= 4 is 17.7 Å². The second-order valence-corrected chi connectivity index (χ2v) is 4.37. The van der Waals surface area contributed by atoms with Gasteiger partial charge in [-0.15, -0.1) is 0 Å². The van der Waals surface area contributed by atoms with E-state index in [0.717, 1.165) is 11.1 Å². The van der Waals surface area contributed by atoms with E-state index in [1.807, 2.05) is 24.3 Å². The van der Waals surface area contributed by atoms with Gasteiger partial charge < -0.3 is 10.6 Å². The summed E-state index contributed by atoms with van der Waals surface area (Å²) >= 11 is 0. The standard InChI is InChI=1S/C13H15N3O3/c14-6-10-4-2-1-3-9(10)5-13(19)16-7-11(17)15-12(18)8-16/h1-4H,5-8,14H2,(H,15,17,18). The highest BCUT2D eigenvalue weighted by Gasteiger charge is 2.26. The van der Waals surface area contributed by atoms with Crippen LogP contribution in [0, 0.1) is 0 Å². The molecule has 1 aromatic rings. The van der Waals surface area contributed by atoms with Crippen molar-refractivity contribution < 1.29 is 14.4 Å². The lowest BCUT2D eigenvalue weighted by Crippen LogP contribution is -2.53. The number of nitrogens with zero attached hydrogens (tertiary/aromatic N) is 1. The van der Waals surface area contributed by atoms with Gasteiger partial charge in [-0.25, -0.2) is 0 Å². The summed E-state index contributed by atoms with van der Waals surface area (Å²) in [5.74, 6) is -1.14. The minimum absolute atomic E-state index is 0.0740. The molecule has 0 atom stereocenters. The summed E-state index contributed by atoms with van der Waals surface area (Å²) in [4.78, 5) is 35.8. The van der Waals surface area contributed by atoms with Crippen LogP contribution in [0.1, 0.15) is 11.1 Å². The summed E-state index contributed by atoms with van der Waals surface area (Å²) < 4.78 is 0. The Morgan fingerprint density at radius 1 is 1.16 bits per heavy atom. The molecule has 1 fully saturated rings. The van der Waals surface area contributed by atoms with Crippen LogP contribution in [0.25, 0.3) is 0 Å². The average molecular weight is 261 g/mol. The first-order valence-corrected chi connectivity index (χ1v) is 5.97. The maximum absolute atomic E-state index is 12.1. The number of piperazine rings is 1. The normalized spacial score (nSPS) is 15.3. The molecule has 0 saturated carbocycles. The molecular formula is C13H15N3O3. The van der Waals surface area contributed by atoms with Crippen molar-refractivity contribution in [3.63, 3.8) is 0 Å². The number of hydrogen-bond donors (Lipinski definition) is 2. The Morgan fingerprint density at radius 2 is 1.74 bits per heavy atom. The second kappa shape index (κ2) is 5.62. The summed E-state index contributed by atoms with van der Waals surface area (Å²) in [6.45, 7) is 0.202. The van der Waals surface area contributed by atoms with Gasteiger partial charge in [0.05, 0.1) is 6.42 Å². The Morgan fingerprint density at radius 3 is 2.32 bits per heavy atom. The molecule has 19 heavy (non-hydrogen) atoms. The van der Waals surface area contributed by atoms with Gasteiger partial charge in [0, 0.05) is 6.54 Å². The number of nitrogens with two attached hydrogens (primary N) is 1. The number of benzene rings is 1. The van der Waals surface area contributed by atoms with Crippen LogP contribution in [0.4, 0.5) is 0 Å². The number of hydrogen-bond acceptors (Lipinski definition) is 4. The fourth-order valence-electron chi connectivity index (χ4n) is 2.02. The van der Waals surface area contributed by atoms with Crippen molar-refractivity contribution in [2.24, 2.45) is 5.73 Å². The van der Waals surface area contributed by atoms with Crippen LogP contribution in [-0.4, -0.2) is 35.7 Å². The molecule has 0 unspecified atom stereocenters. The minimum Gasteiger partial charge on any atom is -0.326 e. The van der Waals surface area contributed by atoms with E-state index in [4.69, 9.17) is 5.73 Å². The Kier molecular flexibility index (Phi) is 3.91. The molecule has 1 aliphatic heterocycles. The third-order valence-corrected chi connectivity index (χ3v) is 2.98. The van der Waals surface area contributed by atoms with E-state index in [1.165, 1.54) is 4.90 Å². The van der Waals surface area contributed by atoms with E-state index in [1.54, 1.807) is 0 Å². The van der Waals surface area contributed by atoms with Crippen LogP contribution in [-0.2, 0) is 27.3 Å². The van der Waals surface area contributed by atoms with Crippen LogP contribution < -0.4 is 11.1 Å². The molecule has 6 heteroatoms. The van der Waals surface area contributed by atoms with Gasteiger partial charge in [0.15, 0.2) is 0 Å². The predicted octanol–water partition coefficient (Wildman–Crippen LogP) is -0.827. The first kappa shape index (κ1) is 13.2. The zero-order chi connectivity index (χ0) is 13.8. The van der Waals surface area contributed by atoms with E-state index < -0.39 is 11.8 Å². The molecule has 1 heterocycles. The molecule has 1 aromatic carbocycles. The molecule has 0 aromatic heterocycles. The van der Waals surface area contributed by atoms with E-state index in [9.17, 15) is 14.4 Å². The van der Waals surface area contributed by atoms with Crippen molar-refractivity contribution in [1.82, 2.24) is 10.2 Å². The predicted molar refractivity (Wildman–Crippen MR) is 67.8 cm³/mol. The molecule has 100 valence electrons. The largest absolute Gasteiger partial charge is 0.326 e. The number of nitrogens with one attached hydrogen (secondary N) is 1. The molecule has 3 N–H and O–H groups in total. The van der Waals surface area contributed by atoms with Crippen molar-refractivity contribution in [1.29, 1.82) is 0 Å². The van der Waals surface area contributed by atoms with Gasteiger partial charge in [-0.1, -0.05) is 24.3 Å². The van der Waals surface area contributed by atoms with Gasteiger partial charge >= 0.3 is 0 Å². The summed E-state index contributed by atoms with van der Waals surface area (Å²) in [5, 5.41) is 2.16. The van der Waals surface area contributed by atoms with E-state index in [2.05, 4.69) is 5.32 Å². The fraction of sp³-hybridized carbons (Fsp3) is 0.308. The lowest BCUT2D eigenvalue weighted by molar-refractivity contribution is -0.145. The Balaban J connectivity index is 2.08. The Bertz CT molecular complexity index is 512. The molecule has 0 spiro atoms. The van der Waals surface area contributed by atoms with Gasteiger partial charge in [0.1, 0.15) is 13.1 Å². The minimum atomic E-state index is -0.447. The number of carbonyl (C=O) groups excluding carboxylic acids is 3. The van der Waals surface area contributed by atoms with Crippen LogP contribution in [0.2, 0.25) is 0 Å². The monoisotopic (exact) mass is 261 g/mol. The molecule has 0 aliphatic carbocycles. The molecule has 1 saturated heterocycles. The lowest BCUT2D eigenvalue weighted by Gasteiger charge is -2.25. The van der Waals surface area contributed by atoms with Gasteiger partial charge in [-0.05, 0) is 11.1 Å². The average Bonchev–Trinajstić information content (AvgIpc) is 2.38. The van der Waals surface area contributed by atoms with Crippen LogP contribution in [0.15, 0.2) is 24.3 Å². The second-order valence-electron chi connectivity index (χ2n) is 4.37. The molecule has 6 nitrogen and oxygen atoms in total. The smallest absolute Gasteiger partial charge is 0.246 e. The Hall–Kier alpha value is -2.21. The quantitative estimate of drug-likeness (QED) is 0.695. The zero-order valence-electron chi connectivity index (χ0n) is 10.4. The Labute approximate surface area is 110 Å². The SMILES string of the molecule is NCc1ccccc1CC(=O)N1CC(=O)NC(=O)C1. The zero-order valence-corrected chi connectivity index (χ0v) is 10.4. The number of rotatable bonds is 3. The maximum atomic E-state index is 12.1. The third kappa shape index (κ3) is 3.17. The van der Waals surface area contributed by atoms with Gasteiger partial charge in [0.2, 0.25) is 17.7 Å². The summed E-state index contributed by atoms with van der Waals surface area (Å²) in [6.07, 6.45) is 0.147. The van der Waals surface area contributed by atoms with Crippen LogP contribution in [0.3, 0.4) is 0 Å². The maximum Gasteiger partial charge on any atom is 0.246 e. The van der Waals surface area contributed by atoms with E-state index in [-0.39, 0.29) is 25.4 Å². The molecule has 3 amide bonds. The topological polar surface area (TPSA) is 92.5 Å². The summed E-state index contributed by atoms with van der Waals surface area (Å²) in [5.41, 5.74) is 7.33. The number of imide groups is 1. The lowest BCUT2D eigenvalue weighted by atomic mass is 10.0. The summed E-state index contributed by atoms with van der Waals surface area (Å²) in [7, 11) is 0. The first-order chi connectivity index (χ1) is 9.10. The molecule has 1 aliphatic rings. The highest BCUT2D eigenvalue weighted by molar-refractivity contribution is 6.02. The van der Waals surface area contributed by atoms with Crippen molar-refractivity contribution in [2.75, 3.05) is 13.1 Å². The summed E-state index contributed by atoms with van der Waals surface area (Å²) in [6, 6.07) is 7.37. The van der Waals surface area contributed by atoms with Crippen LogP contribution in [0.5, 0.6) is 0 Å². The molecule has 0 bridgehead atoms. The first-order valence-electron chi connectivity index (χ1n) is 5.97. The third-order valence-electron chi connectivity index (χ3n) is 2.98. The van der Waals surface area contributed by atoms with Crippen LogP contribution >= 0.6 is 0 Å². The number of amides is 3.